The zero-order chi connectivity index (χ0) is 18.4. The number of likely N-dealkylation sites (N-methyl/N-ethyl adjacent to an activating group) is 1. The van der Waals surface area contributed by atoms with Crippen molar-refractivity contribution < 1.29 is 4.79 Å². The Morgan fingerprint density at radius 1 is 1.12 bits per heavy atom. The largest absolute Gasteiger partial charge is 0.350 e. The Balaban J connectivity index is 1.81. The molecule has 2 heterocycles. The van der Waals surface area contributed by atoms with Gasteiger partial charge < -0.3 is 15.1 Å². The lowest BCUT2D eigenvalue weighted by molar-refractivity contribution is 0.0923. The van der Waals surface area contributed by atoms with Crippen LogP contribution >= 0.6 is 0 Å². The number of rotatable bonds is 8. The number of piperazine rings is 1. The van der Waals surface area contributed by atoms with Crippen molar-refractivity contribution in [3.05, 3.63) is 17.5 Å². The maximum absolute atomic E-state index is 12.5. The molecule has 2 rings (SSSR count). The number of nitrogens with zero attached hydrogens (tertiary/aromatic N) is 4. The van der Waals surface area contributed by atoms with E-state index in [2.05, 4.69) is 47.9 Å². The first-order valence-corrected chi connectivity index (χ1v) is 9.75. The van der Waals surface area contributed by atoms with Crippen molar-refractivity contribution in [1.29, 1.82) is 0 Å². The van der Waals surface area contributed by atoms with E-state index in [0.717, 1.165) is 45.0 Å². The summed E-state index contributed by atoms with van der Waals surface area (Å²) in [4.78, 5) is 17.5. The van der Waals surface area contributed by atoms with Crippen LogP contribution < -0.4 is 5.32 Å². The quantitative estimate of drug-likeness (QED) is 0.780. The number of hydrogen-bond donors (Lipinski definition) is 1. The monoisotopic (exact) mass is 349 g/mol. The third-order valence-electron chi connectivity index (χ3n) is 5.02. The van der Waals surface area contributed by atoms with Gasteiger partial charge in [0.2, 0.25) is 0 Å². The molecule has 1 aromatic heterocycles. The number of nitrogens with one attached hydrogen (secondary N) is 1. The van der Waals surface area contributed by atoms with E-state index in [0.29, 0.717) is 30.6 Å². The Morgan fingerprint density at radius 2 is 1.76 bits per heavy atom. The van der Waals surface area contributed by atoms with E-state index in [9.17, 15) is 4.79 Å². The van der Waals surface area contributed by atoms with Crippen LogP contribution in [0.25, 0.3) is 0 Å². The van der Waals surface area contributed by atoms with Gasteiger partial charge in [0.05, 0.1) is 5.69 Å². The molecular weight excluding hydrogens is 314 g/mol. The number of hydrogen-bond acceptors (Lipinski definition) is 4. The predicted octanol–water partition coefficient (Wildman–Crippen LogP) is 2.03. The van der Waals surface area contributed by atoms with Crippen LogP contribution in [0.4, 0.5) is 0 Å². The molecule has 1 fully saturated rings. The summed E-state index contributed by atoms with van der Waals surface area (Å²) >= 11 is 0. The Kier molecular flexibility index (Phi) is 7.44. The molecule has 6 nitrogen and oxygen atoms in total. The fraction of sp³-hybridized carbons (Fsp3) is 0.789. The highest BCUT2D eigenvalue weighted by Gasteiger charge is 2.19. The van der Waals surface area contributed by atoms with E-state index in [4.69, 9.17) is 0 Å². The van der Waals surface area contributed by atoms with E-state index in [-0.39, 0.29) is 5.91 Å². The van der Waals surface area contributed by atoms with Gasteiger partial charge in [-0.15, -0.1) is 0 Å². The normalized spacial score (nSPS) is 17.8. The molecule has 1 N–H and O–H groups in total. The Hall–Kier alpha value is -1.40. The first-order valence-electron chi connectivity index (χ1n) is 9.75. The van der Waals surface area contributed by atoms with Gasteiger partial charge in [0.1, 0.15) is 5.69 Å². The molecule has 0 aromatic carbocycles. The highest BCUT2D eigenvalue weighted by Crippen LogP contribution is 2.14. The minimum atomic E-state index is -0.0103. The maximum Gasteiger partial charge on any atom is 0.269 e. The highest BCUT2D eigenvalue weighted by atomic mass is 16.2. The number of carbonyl (C=O) groups is 1. The second kappa shape index (κ2) is 9.34. The summed E-state index contributed by atoms with van der Waals surface area (Å²) in [5, 5.41) is 7.63. The molecule has 0 spiro atoms. The van der Waals surface area contributed by atoms with Crippen molar-refractivity contribution in [1.82, 2.24) is 24.9 Å². The minimum Gasteiger partial charge on any atom is -0.350 e. The van der Waals surface area contributed by atoms with Gasteiger partial charge >= 0.3 is 0 Å². The number of amides is 1. The topological polar surface area (TPSA) is 53.4 Å². The van der Waals surface area contributed by atoms with Gasteiger partial charge in [0.25, 0.3) is 5.91 Å². The smallest absolute Gasteiger partial charge is 0.269 e. The van der Waals surface area contributed by atoms with Crippen LogP contribution in [-0.2, 0) is 6.54 Å². The van der Waals surface area contributed by atoms with Crippen LogP contribution in [-0.4, -0.2) is 71.3 Å². The summed E-state index contributed by atoms with van der Waals surface area (Å²) in [6.07, 6.45) is 0. The zero-order valence-electron chi connectivity index (χ0n) is 16.6. The van der Waals surface area contributed by atoms with E-state index < -0.39 is 0 Å². The van der Waals surface area contributed by atoms with E-state index in [1.165, 1.54) is 0 Å². The molecule has 1 aliphatic rings. The molecule has 1 aromatic rings. The molecule has 142 valence electrons. The summed E-state index contributed by atoms with van der Waals surface area (Å²) in [5.74, 6) is 0.767. The SMILES string of the molecule is CCN1CCN(CC(C)CNC(=O)c2cc(C(C)C)nn2CC)CC1. The van der Waals surface area contributed by atoms with E-state index >= 15 is 0 Å². The van der Waals surface area contributed by atoms with Gasteiger partial charge in [-0.3, -0.25) is 9.48 Å². The molecular formula is C19H35N5O. The van der Waals surface area contributed by atoms with Gasteiger partial charge in [-0.25, -0.2) is 0 Å². The van der Waals surface area contributed by atoms with Crippen LogP contribution in [0.15, 0.2) is 6.07 Å². The van der Waals surface area contributed by atoms with Gasteiger partial charge in [-0.1, -0.05) is 27.7 Å². The summed E-state index contributed by atoms with van der Waals surface area (Å²) in [6, 6.07) is 1.93. The molecule has 0 bridgehead atoms. The van der Waals surface area contributed by atoms with Crippen molar-refractivity contribution in [2.24, 2.45) is 5.92 Å². The second-order valence-corrected chi connectivity index (χ2v) is 7.47. The van der Waals surface area contributed by atoms with Crippen LogP contribution in [0.5, 0.6) is 0 Å². The lowest BCUT2D eigenvalue weighted by Crippen LogP contribution is -2.48. The zero-order valence-corrected chi connectivity index (χ0v) is 16.6. The molecule has 0 aliphatic carbocycles. The van der Waals surface area contributed by atoms with Crippen molar-refractivity contribution in [2.45, 2.75) is 47.1 Å². The molecule has 0 radical (unpaired) electrons. The van der Waals surface area contributed by atoms with Gasteiger partial charge in [0, 0.05) is 45.8 Å². The first-order chi connectivity index (χ1) is 11.9. The third kappa shape index (κ3) is 5.54. The maximum atomic E-state index is 12.5. The Labute approximate surface area is 152 Å². The summed E-state index contributed by atoms with van der Waals surface area (Å²) in [6.45, 7) is 18.8. The average Bonchev–Trinajstić information content (AvgIpc) is 3.05. The summed E-state index contributed by atoms with van der Waals surface area (Å²) in [5.41, 5.74) is 1.66. The molecule has 1 saturated heterocycles. The molecule has 25 heavy (non-hydrogen) atoms. The van der Waals surface area contributed by atoms with Gasteiger partial charge in [-0.05, 0) is 31.4 Å². The van der Waals surface area contributed by atoms with Crippen molar-refractivity contribution in [2.75, 3.05) is 45.8 Å². The van der Waals surface area contributed by atoms with E-state index in [1.54, 1.807) is 4.68 Å². The summed E-state index contributed by atoms with van der Waals surface area (Å²) < 4.78 is 1.80. The van der Waals surface area contributed by atoms with Crippen molar-refractivity contribution in [3.8, 4) is 0 Å². The fourth-order valence-electron chi connectivity index (χ4n) is 3.29. The van der Waals surface area contributed by atoms with Crippen LogP contribution in [0, 0.1) is 5.92 Å². The lowest BCUT2D eigenvalue weighted by atomic mass is 10.1. The lowest BCUT2D eigenvalue weighted by Gasteiger charge is -2.35. The van der Waals surface area contributed by atoms with E-state index in [1.807, 2.05) is 13.0 Å². The molecule has 1 unspecified atom stereocenters. The van der Waals surface area contributed by atoms with Crippen molar-refractivity contribution in [3.63, 3.8) is 0 Å². The molecule has 1 amide bonds. The molecule has 6 heteroatoms. The average molecular weight is 350 g/mol. The van der Waals surface area contributed by atoms with Crippen LogP contribution in [0.2, 0.25) is 0 Å². The second-order valence-electron chi connectivity index (χ2n) is 7.47. The molecule has 1 atom stereocenters. The number of aryl methyl sites for hydroxylation is 1. The first kappa shape index (κ1) is 19.9. The Morgan fingerprint density at radius 3 is 2.32 bits per heavy atom. The fourth-order valence-corrected chi connectivity index (χ4v) is 3.29. The highest BCUT2D eigenvalue weighted by molar-refractivity contribution is 5.92. The number of aromatic nitrogens is 2. The standard InChI is InChI=1S/C19H35N5O/c1-6-22-8-10-23(11-9-22)14-16(5)13-20-19(25)18-12-17(15(3)4)21-24(18)7-2/h12,15-16H,6-11,13-14H2,1-5H3,(H,20,25). The van der Waals surface area contributed by atoms with Crippen LogP contribution in [0.3, 0.4) is 0 Å². The summed E-state index contributed by atoms with van der Waals surface area (Å²) in [7, 11) is 0. The third-order valence-corrected chi connectivity index (χ3v) is 5.02. The van der Waals surface area contributed by atoms with Gasteiger partial charge in [0.15, 0.2) is 0 Å². The Bertz CT molecular complexity index is 546. The van der Waals surface area contributed by atoms with Crippen LogP contribution in [0.1, 0.15) is 56.7 Å². The van der Waals surface area contributed by atoms with Gasteiger partial charge in [-0.2, -0.15) is 5.10 Å². The number of carbonyl (C=O) groups excluding carboxylic acids is 1. The van der Waals surface area contributed by atoms with Crippen molar-refractivity contribution >= 4 is 5.91 Å². The molecule has 1 aliphatic heterocycles. The molecule has 0 saturated carbocycles. The minimum absolute atomic E-state index is 0.0103. The predicted molar refractivity (Wildman–Crippen MR) is 102 cm³/mol.